The fourth-order valence-corrected chi connectivity index (χ4v) is 4.54. The molecule has 0 unspecified atom stereocenters. The largest absolute Gasteiger partial charge is 0.330 e. The maximum atomic E-state index is 11.8. The van der Waals surface area contributed by atoms with Crippen LogP contribution in [-0.4, -0.2) is 58.0 Å². The summed E-state index contributed by atoms with van der Waals surface area (Å²) in [6, 6.07) is 0. The minimum absolute atomic E-state index is 0.00352. The highest BCUT2D eigenvalue weighted by Gasteiger charge is 2.26. The summed E-state index contributed by atoms with van der Waals surface area (Å²) in [5.41, 5.74) is 5.26. The predicted molar refractivity (Wildman–Crippen MR) is 62.3 cm³/mol. The molecule has 0 saturated carbocycles. The zero-order valence-electron chi connectivity index (χ0n) is 9.13. The first-order valence-electron chi connectivity index (χ1n) is 5.26. The summed E-state index contributed by atoms with van der Waals surface area (Å²) >= 11 is 0. The van der Waals surface area contributed by atoms with E-state index in [1.54, 1.807) is 0 Å². The van der Waals surface area contributed by atoms with Gasteiger partial charge in [0.1, 0.15) is 0 Å². The number of sulfone groups is 1. The van der Waals surface area contributed by atoms with Crippen LogP contribution in [0.4, 0.5) is 0 Å². The summed E-state index contributed by atoms with van der Waals surface area (Å²) in [4.78, 5) is 0. The molecule has 1 aliphatic rings. The van der Waals surface area contributed by atoms with Gasteiger partial charge in [-0.2, -0.15) is 0 Å². The van der Waals surface area contributed by atoms with Crippen molar-refractivity contribution in [2.24, 2.45) is 5.73 Å². The molecule has 1 fully saturated rings. The highest BCUT2D eigenvalue weighted by molar-refractivity contribution is 7.91. The van der Waals surface area contributed by atoms with E-state index in [2.05, 4.69) is 0 Å². The average molecular weight is 270 g/mol. The maximum absolute atomic E-state index is 11.8. The van der Waals surface area contributed by atoms with Crippen molar-refractivity contribution in [3.63, 3.8) is 0 Å². The van der Waals surface area contributed by atoms with E-state index in [1.165, 1.54) is 4.31 Å². The van der Waals surface area contributed by atoms with Crippen molar-refractivity contribution in [2.75, 3.05) is 36.9 Å². The van der Waals surface area contributed by atoms with Gasteiger partial charge in [0.15, 0.2) is 9.84 Å². The van der Waals surface area contributed by atoms with Gasteiger partial charge in [0.25, 0.3) is 0 Å². The van der Waals surface area contributed by atoms with Gasteiger partial charge < -0.3 is 5.73 Å². The van der Waals surface area contributed by atoms with Gasteiger partial charge in [-0.15, -0.1) is 0 Å². The Kier molecular flexibility index (Phi) is 4.72. The predicted octanol–water partition coefficient (Wildman–Crippen LogP) is -1.21. The lowest BCUT2D eigenvalue weighted by atomic mass is 10.5. The van der Waals surface area contributed by atoms with Gasteiger partial charge in [-0.05, 0) is 19.4 Å². The van der Waals surface area contributed by atoms with Crippen LogP contribution < -0.4 is 5.73 Å². The van der Waals surface area contributed by atoms with Gasteiger partial charge in [-0.1, -0.05) is 0 Å². The first-order chi connectivity index (χ1) is 7.37. The zero-order chi connectivity index (χ0) is 12.2. The summed E-state index contributed by atoms with van der Waals surface area (Å²) in [5.74, 6) is 0.00825. The lowest BCUT2D eigenvalue weighted by molar-refractivity contribution is 0.434. The minimum Gasteiger partial charge on any atom is -0.330 e. The quantitative estimate of drug-likeness (QED) is 0.691. The standard InChI is InChI=1S/C8H18N2O4S2/c9-3-1-7-16(13,14)10-4-2-6-15(11,12)8-5-10/h1-9H2. The summed E-state index contributed by atoms with van der Waals surface area (Å²) < 4.78 is 47.5. The normalized spacial score (nSPS) is 22.8. The van der Waals surface area contributed by atoms with Gasteiger partial charge in [0, 0.05) is 13.1 Å². The van der Waals surface area contributed by atoms with Crippen molar-refractivity contribution in [1.29, 1.82) is 0 Å². The second-order valence-electron chi connectivity index (χ2n) is 3.86. The molecular weight excluding hydrogens is 252 g/mol. The number of sulfonamides is 1. The van der Waals surface area contributed by atoms with Gasteiger partial charge in [0.2, 0.25) is 10.0 Å². The molecule has 0 atom stereocenters. The fourth-order valence-electron chi connectivity index (χ4n) is 1.59. The molecule has 0 aliphatic carbocycles. The molecule has 1 heterocycles. The highest BCUT2D eigenvalue weighted by Crippen LogP contribution is 2.10. The Morgan fingerprint density at radius 3 is 2.50 bits per heavy atom. The van der Waals surface area contributed by atoms with E-state index < -0.39 is 19.9 Å². The third kappa shape index (κ3) is 4.00. The molecule has 0 spiro atoms. The third-order valence-corrected chi connectivity index (χ3v) is 6.19. The lowest BCUT2D eigenvalue weighted by Crippen LogP contribution is -2.35. The first-order valence-corrected chi connectivity index (χ1v) is 8.69. The van der Waals surface area contributed by atoms with Crippen LogP contribution in [0, 0.1) is 0 Å². The highest BCUT2D eigenvalue weighted by atomic mass is 32.2. The maximum Gasteiger partial charge on any atom is 0.214 e. The van der Waals surface area contributed by atoms with Crippen molar-refractivity contribution in [3.8, 4) is 0 Å². The van der Waals surface area contributed by atoms with Crippen molar-refractivity contribution >= 4 is 19.9 Å². The molecule has 8 heteroatoms. The Labute approximate surface area is 96.8 Å². The number of nitrogens with zero attached hydrogens (tertiary/aromatic N) is 1. The molecule has 96 valence electrons. The lowest BCUT2D eigenvalue weighted by Gasteiger charge is -2.18. The van der Waals surface area contributed by atoms with Crippen LogP contribution in [0.5, 0.6) is 0 Å². The third-order valence-electron chi connectivity index (χ3n) is 2.51. The summed E-state index contributed by atoms with van der Waals surface area (Å²) in [6.07, 6.45) is 0.787. The Hall–Kier alpha value is -0.180. The van der Waals surface area contributed by atoms with E-state index in [9.17, 15) is 16.8 Å². The summed E-state index contributed by atoms with van der Waals surface area (Å²) in [6.45, 7) is 0.701. The van der Waals surface area contributed by atoms with Crippen LogP contribution in [0.1, 0.15) is 12.8 Å². The summed E-state index contributed by atoms with van der Waals surface area (Å²) in [5, 5.41) is 0. The molecule has 6 nitrogen and oxygen atoms in total. The van der Waals surface area contributed by atoms with Crippen LogP contribution in [0.15, 0.2) is 0 Å². The van der Waals surface area contributed by atoms with E-state index in [0.717, 1.165) is 0 Å². The zero-order valence-corrected chi connectivity index (χ0v) is 10.8. The molecular formula is C8H18N2O4S2. The van der Waals surface area contributed by atoms with Crippen LogP contribution >= 0.6 is 0 Å². The van der Waals surface area contributed by atoms with E-state index in [-0.39, 0.29) is 23.8 Å². The molecule has 16 heavy (non-hydrogen) atoms. The van der Waals surface area contributed by atoms with Crippen molar-refractivity contribution < 1.29 is 16.8 Å². The SMILES string of the molecule is NCCCS(=O)(=O)N1CCCS(=O)(=O)CC1. The van der Waals surface area contributed by atoms with E-state index >= 15 is 0 Å². The van der Waals surface area contributed by atoms with Gasteiger partial charge in [-0.3, -0.25) is 0 Å². The Balaban J connectivity index is 2.67. The molecule has 0 aromatic heterocycles. The molecule has 0 aromatic rings. The molecule has 0 bridgehead atoms. The fraction of sp³-hybridized carbons (Fsp3) is 1.00. The molecule has 0 radical (unpaired) electrons. The number of rotatable bonds is 4. The molecule has 2 N–H and O–H groups in total. The van der Waals surface area contributed by atoms with Crippen molar-refractivity contribution in [2.45, 2.75) is 12.8 Å². The van der Waals surface area contributed by atoms with Gasteiger partial charge in [0.05, 0.1) is 17.3 Å². The monoisotopic (exact) mass is 270 g/mol. The van der Waals surface area contributed by atoms with Crippen molar-refractivity contribution in [1.82, 2.24) is 4.31 Å². The Bertz CT molecular complexity index is 415. The van der Waals surface area contributed by atoms with E-state index in [0.29, 0.717) is 25.9 Å². The molecule has 1 saturated heterocycles. The van der Waals surface area contributed by atoms with E-state index in [1.807, 2.05) is 0 Å². The molecule has 1 rings (SSSR count). The Morgan fingerprint density at radius 1 is 1.19 bits per heavy atom. The molecule has 1 aliphatic heterocycles. The first kappa shape index (κ1) is 13.9. The minimum atomic E-state index is -3.33. The second kappa shape index (κ2) is 5.44. The molecule has 0 amide bonds. The smallest absolute Gasteiger partial charge is 0.214 e. The second-order valence-corrected chi connectivity index (χ2v) is 8.25. The van der Waals surface area contributed by atoms with Crippen LogP contribution in [-0.2, 0) is 19.9 Å². The van der Waals surface area contributed by atoms with Crippen LogP contribution in [0.25, 0.3) is 0 Å². The molecule has 0 aromatic carbocycles. The van der Waals surface area contributed by atoms with Crippen molar-refractivity contribution in [3.05, 3.63) is 0 Å². The average Bonchev–Trinajstić information content (AvgIpc) is 2.36. The van der Waals surface area contributed by atoms with Crippen LogP contribution in [0.2, 0.25) is 0 Å². The number of hydrogen-bond acceptors (Lipinski definition) is 5. The van der Waals surface area contributed by atoms with Gasteiger partial charge in [-0.25, -0.2) is 21.1 Å². The number of nitrogens with two attached hydrogens (primary N) is 1. The van der Waals surface area contributed by atoms with E-state index in [4.69, 9.17) is 5.73 Å². The van der Waals surface area contributed by atoms with Crippen LogP contribution in [0.3, 0.4) is 0 Å². The number of hydrogen-bond donors (Lipinski definition) is 1. The summed E-state index contributed by atoms with van der Waals surface area (Å²) in [7, 11) is -6.39. The topological polar surface area (TPSA) is 97.5 Å². The van der Waals surface area contributed by atoms with Gasteiger partial charge >= 0.3 is 0 Å². The Morgan fingerprint density at radius 2 is 1.88 bits per heavy atom.